The van der Waals surface area contributed by atoms with E-state index >= 15 is 0 Å². The predicted molar refractivity (Wildman–Crippen MR) is 118 cm³/mol. The minimum absolute atomic E-state index is 0.0911. The molecule has 0 unspecified atom stereocenters. The van der Waals surface area contributed by atoms with E-state index in [1.165, 1.54) is 17.3 Å². The van der Waals surface area contributed by atoms with Gasteiger partial charge < -0.3 is 4.74 Å². The van der Waals surface area contributed by atoms with E-state index in [-0.39, 0.29) is 12.0 Å². The molecular formula is C22H23NO2S2. The molecule has 1 aliphatic rings. The SMILES string of the molecule is CC[C@H](C)Oc1ccccc1/C=C1/SC(=S)N(c2ccc(C)c(C)c2)C1=O. The zero-order valence-corrected chi connectivity index (χ0v) is 17.6. The van der Waals surface area contributed by atoms with Crippen LogP contribution in [0.2, 0.25) is 0 Å². The third-order valence-electron chi connectivity index (χ3n) is 4.65. The van der Waals surface area contributed by atoms with Crippen LogP contribution in [0.1, 0.15) is 37.0 Å². The fourth-order valence-electron chi connectivity index (χ4n) is 2.70. The Morgan fingerprint density at radius 1 is 1.19 bits per heavy atom. The van der Waals surface area contributed by atoms with E-state index in [1.807, 2.05) is 62.4 Å². The Balaban J connectivity index is 1.92. The van der Waals surface area contributed by atoms with Gasteiger partial charge in [0.15, 0.2) is 4.32 Å². The highest BCUT2D eigenvalue weighted by molar-refractivity contribution is 8.27. The van der Waals surface area contributed by atoms with Gasteiger partial charge in [-0.05, 0) is 62.6 Å². The van der Waals surface area contributed by atoms with Gasteiger partial charge in [0.25, 0.3) is 5.91 Å². The lowest BCUT2D eigenvalue weighted by molar-refractivity contribution is -0.113. The highest BCUT2D eigenvalue weighted by Crippen LogP contribution is 2.37. The third-order valence-corrected chi connectivity index (χ3v) is 5.95. The molecule has 0 aliphatic carbocycles. The van der Waals surface area contributed by atoms with Crippen molar-refractivity contribution in [3.05, 3.63) is 64.1 Å². The second-order valence-electron chi connectivity index (χ2n) is 6.66. The first-order valence-corrected chi connectivity index (χ1v) is 10.2. The Labute approximate surface area is 170 Å². The van der Waals surface area contributed by atoms with Crippen LogP contribution < -0.4 is 9.64 Å². The monoisotopic (exact) mass is 397 g/mol. The molecule has 27 heavy (non-hydrogen) atoms. The first-order valence-electron chi connectivity index (χ1n) is 9.01. The summed E-state index contributed by atoms with van der Waals surface area (Å²) in [5.41, 5.74) is 4.03. The fourth-order valence-corrected chi connectivity index (χ4v) is 3.99. The third kappa shape index (κ3) is 4.25. The maximum absolute atomic E-state index is 13.0. The number of anilines is 1. The van der Waals surface area contributed by atoms with Crippen molar-refractivity contribution >= 4 is 46.0 Å². The van der Waals surface area contributed by atoms with Crippen LogP contribution >= 0.6 is 24.0 Å². The van der Waals surface area contributed by atoms with Gasteiger partial charge in [0, 0.05) is 5.56 Å². The number of carbonyl (C=O) groups is 1. The Hall–Kier alpha value is -2.11. The van der Waals surface area contributed by atoms with Crippen LogP contribution in [0.5, 0.6) is 5.75 Å². The summed E-state index contributed by atoms with van der Waals surface area (Å²) in [4.78, 5) is 15.2. The number of ether oxygens (including phenoxy) is 1. The van der Waals surface area contributed by atoms with Crippen molar-refractivity contribution in [2.24, 2.45) is 0 Å². The summed E-state index contributed by atoms with van der Waals surface area (Å²) < 4.78 is 6.55. The summed E-state index contributed by atoms with van der Waals surface area (Å²) in [7, 11) is 0. The Morgan fingerprint density at radius 3 is 2.63 bits per heavy atom. The number of thiocarbonyl (C=S) groups is 1. The van der Waals surface area contributed by atoms with Crippen LogP contribution in [-0.2, 0) is 4.79 Å². The van der Waals surface area contributed by atoms with Gasteiger partial charge in [-0.1, -0.05) is 55.2 Å². The minimum atomic E-state index is -0.0911. The normalized spacial score (nSPS) is 16.9. The molecule has 1 heterocycles. The zero-order valence-electron chi connectivity index (χ0n) is 16.0. The number of para-hydroxylation sites is 1. The number of thioether (sulfide) groups is 1. The molecule has 3 nitrogen and oxygen atoms in total. The van der Waals surface area contributed by atoms with Crippen LogP contribution in [0.15, 0.2) is 47.4 Å². The van der Waals surface area contributed by atoms with Crippen LogP contribution in [0.4, 0.5) is 5.69 Å². The van der Waals surface area contributed by atoms with Gasteiger partial charge in [-0.25, -0.2) is 0 Å². The first kappa shape index (κ1) is 19.6. The molecule has 0 aromatic heterocycles. The Bertz CT molecular complexity index is 920. The number of rotatable bonds is 5. The number of nitrogens with zero attached hydrogens (tertiary/aromatic N) is 1. The van der Waals surface area contributed by atoms with E-state index in [0.29, 0.717) is 9.23 Å². The smallest absolute Gasteiger partial charge is 0.270 e. The first-order chi connectivity index (χ1) is 12.9. The molecule has 1 saturated heterocycles. The van der Waals surface area contributed by atoms with Crippen molar-refractivity contribution in [3.63, 3.8) is 0 Å². The molecule has 2 aromatic rings. The lowest BCUT2D eigenvalue weighted by atomic mass is 10.1. The van der Waals surface area contributed by atoms with Crippen molar-refractivity contribution in [3.8, 4) is 5.75 Å². The number of amides is 1. The molecule has 1 aliphatic heterocycles. The number of carbonyl (C=O) groups excluding carboxylic acids is 1. The summed E-state index contributed by atoms with van der Waals surface area (Å²) >= 11 is 6.81. The van der Waals surface area contributed by atoms with Crippen molar-refractivity contribution < 1.29 is 9.53 Å². The van der Waals surface area contributed by atoms with Gasteiger partial charge in [-0.2, -0.15) is 0 Å². The number of aryl methyl sites for hydroxylation is 2. The van der Waals surface area contributed by atoms with Gasteiger partial charge in [0.05, 0.1) is 16.7 Å². The van der Waals surface area contributed by atoms with Crippen LogP contribution in [0.3, 0.4) is 0 Å². The molecule has 1 atom stereocenters. The van der Waals surface area contributed by atoms with E-state index in [4.69, 9.17) is 17.0 Å². The van der Waals surface area contributed by atoms with Crippen molar-refractivity contribution in [1.29, 1.82) is 0 Å². The van der Waals surface area contributed by atoms with Crippen LogP contribution in [0, 0.1) is 13.8 Å². The molecule has 1 fully saturated rings. The van der Waals surface area contributed by atoms with Crippen molar-refractivity contribution in [2.75, 3.05) is 4.90 Å². The molecule has 0 N–H and O–H groups in total. The van der Waals surface area contributed by atoms with Gasteiger partial charge in [0.2, 0.25) is 0 Å². The highest BCUT2D eigenvalue weighted by atomic mass is 32.2. The topological polar surface area (TPSA) is 29.5 Å². The van der Waals surface area contributed by atoms with E-state index < -0.39 is 0 Å². The zero-order chi connectivity index (χ0) is 19.6. The second kappa shape index (κ2) is 8.28. The van der Waals surface area contributed by atoms with E-state index in [2.05, 4.69) is 13.8 Å². The Morgan fingerprint density at radius 2 is 1.93 bits per heavy atom. The summed E-state index contributed by atoms with van der Waals surface area (Å²) in [6.45, 7) is 8.21. The molecule has 0 spiro atoms. The summed E-state index contributed by atoms with van der Waals surface area (Å²) in [5.74, 6) is 0.690. The molecule has 1 amide bonds. The molecule has 5 heteroatoms. The average Bonchev–Trinajstić information content (AvgIpc) is 2.92. The van der Waals surface area contributed by atoms with Crippen molar-refractivity contribution in [1.82, 2.24) is 0 Å². The van der Waals surface area contributed by atoms with E-state index in [1.54, 1.807) is 4.90 Å². The van der Waals surface area contributed by atoms with Gasteiger partial charge in [-0.15, -0.1) is 0 Å². The van der Waals surface area contributed by atoms with E-state index in [9.17, 15) is 4.79 Å². The van der Waals surface area contributed by atoms with Gasteiger partial charge in [-0.3, -0.25) is 9.69 Å². The number of hydrogen-bond acceptors (Lipinski definition) is 4. The summed E-state index contributed by atoms with van der Waals surface area (Å²) in [5, 5.41) is 0. The van der Waals surface area contributed by atoms with Gasteiger partial charge in [0.1, 0.15) is 5.75 Å². The van der Waals surface area contributed by atoms with Crippen LogP contribution in [-0.4, -0.2) is 16.3 Å². The molecule has 0 bridgehead atoms. The number of benzene rings is 2. The Kier molecular flexibility index (Phi) is 6.02. The largest absolute Gasteiger partial charge is 0.490 e. The molecule has 140 valence electrons. The summed E-state index contributed by atoms with van der Waals surface area (Å²) in [6.07, 6.45) is 2.91. The average molecular weight is 398 g/mol. The quantitative estimate of drug-likeness (QED) is 0.465. The molecule has 0 saturated carbocycles. The minimum Gasteiger partial charge on any atom is -0.490 e. The van der Waals surface area contributed by atoms with Gasteiger partial charge >= 0.3 is 0 Å². The van der Waals surface area contributed by atoms with Crippen LogP contribution in [0.25, 0.3) is 6.08 Å². The standard InChI is InChI=1S/C22H23NO2S2/c1-5-16(4)25-19-9-7-6-8-17(19)13-20-21(24)23(22(26)27-20)18-11-10-14(2)15(3)12-18/h6-13,16H,5H2,1-4H3/b20-13+/t16-/m0/s1. The molecule has 3 rings (SSSR count). The maximum Gasteiger partial charge on any atom is 0.270 e. The lowest BCUT2D eigenvalue weighted by Crippen LogP contribution is -2.27. The lowest BCUT2D eigenvalue weighted by Gasteiger charge is -2.16. The molecule has 0 radical (unpaired) electrons. The molecule has 2 aromatic carbocycles. The van der Waals surface area contributed by atoms with Crippen molar-refractivity contribution in [2.45, 2.75) is 40.2 Å². The predicted octanol–water partition coefficient (Wildman–Crippen LogP) is 5.89. The maximum atomic E-state index is 13.0. The van der Waals surface area contributed by atoms with E-state index in [0.717, 1.165) is 29.0 Å². The highest BCUT2D eigenvalue weighted by Gasteiger charge is 2.33. The number of hydrogen-bond donors (Lipinski definition) is 0. The summed E-state index contributed by atoms with van der Waals surface area (Å²) in [6, 6.07) is 13.7. The fraction of sp³-hybridized carbons (Fsp3) is 0.273. The molecular weight excluding hydrogens is 374 g/mol. The second-order valence-corrected chi connectivity index (χ2v) is 8.34.